The number of benzene rings is 1. The quantitative estimate of drug-likeness (QED) is 0.775. The molecule has 1 atom stereocenters. The number of hydrogen-bond donors (Lipinski definition) is 1. The maximum absolute atomic E-state index is 12.1. The van der Waals surface area contributed by atoms with Crippen LogP contribution in [0.3, 0.4) is 0 Å². The molecule has 3 rings (SSSR count). The summed E-state index contributed by atoms with van der Waals surface area (Å²) in [5, 5.41) is 2.55. The van der Waals surface area contributed by atoms with E-state index in [0.29, 0.717) is 6.42 Å². The Labute approximate surface area is 150 Å². The molecule has 138 valence electrons. The van der Waals surface area contributed by atoms with Crippen LogP contribution in [-0.4, -0.2) is 49.4 Å². The lowest BCUT2D eigenvalue weighted by Gasteiger charge is -2.10. The van der Waals surface area contributed by atoms with Gasteiger partial charge in [-0.15, -0.1) is 0 Å². The number of ether oxygens (including phenoxy) is 1. The molecule has 9 heteroatoms. The van der Waals surface area contributed by atoms with E-state index in [1.807, 2.05) is 18.2 Å². The van der Waals surface area contributed by atoms with Gasteiger partial charge in [0, 0.05) is 11.6 Å². The number of nitrogens with zero attached hydrogens (tertiary/aromatic N) is 1. The standard InChI is InChI=1S/C17H18N2O6S/c1-11-15(19-16(25-11)12-5-3-2-4-6-12)17(21)24-9-14(20)18-13-7-8-26(22,23)10-13/h2-6,13H,7-10H2,1H3,(H,18,20). The van der Waals surface area contributed by atoms with Gasteiger partial charge in [0.25, 0.3) is 5.91 Å². The maximum Gasteiger partial charge on any atom is 0.361 e. The Bertz CT molecular complexity index is 920. The summed E-state index contributed by atoms with van der Waals surface area (Å²) in [5.74, 6) is -0.785. The fourth-order valence-electron chi connectivity index (χ4n) is 2.67. The van der Waals surface area contributed by atoms with Crippen molar-refractivity contribution in [3.05, 3.63) is 41.8 Å². The summed E-state index contributed by atoms with van der Waals surface area (Å²) in [6, 6.07) is 8.64. The van der Waals surface area contributed by atoms with Gasteiger partial charge in [0.05, 0.1) is 11.5 Å². The molecular weight excluding hydrogens is 360 g/mol. The summed E-state index contributed by atoms with van der Waals surface area (Å²) in [6.07, 6.45) is 0.366. The second kappa shape index (κ2) is 7.28. The van der Waals surface area contributed by atoms with Crippen molar-refractivity contribution in [3.63, 3.8) is 0 Å². The van der Waals surface area contributed by atoms with E-state index in [0.717, 1.165) is 5.56 Å². The Morgan fingerprint density at radius 3 is 2.69 bits per heavy atom. The number of sulfone groups is 1. The summed E-state index contributed by atoms with van der Waals surface area (Å²) in [4.78, 5) is 28.1. The lowest BCUT2D eigenvalue weighted by Crippen LogP contribution is -2.38. The van der Waals surface area contributed by atoms with Crippen LogP contribution in [0.25, 0.3) is 11.5 Å². The third-order valence-corrected chi connectivity index (χ3v) is 5.71. The predicted octanol–water partition coefficient (Wildman–Crippen LogP) is 1.11. The first-order chi connectivity index (χ1) is 12.3. The van der Waals surface area contributed by atoms with Crippen molar-refractivity contribution in [1.29, 1.82) is 0 Å². The fraction of sp³-hybridized carbons (Fsp3) is 0.353. The van der Waals surface area contributed by atoms with Gasteiger partial charge in [-0.1, -0.05) is 18.2 Å². The molecule has 0 radical (unpaired) electrons. The minimum atomic E-state index is -3.09. The highest BCUT2D eigenvalue weighted by molar-refractivity contribution is 7.91. The minimum absolute atomic E-state index is 0.0000900. The number of amides is 1. The third kappa shape index (κ3) is 4.29. The number of aromatic nitrogens is 1. The fourth-order valence-corrected chi connectivity index (χ4v) is 4.34. The molecule has 1 N–H and O–H groups in total. The Balaban J connectivity index is 1.57. The van der Waals surface area contributed by atoms with E-state index in [4.69, 9.17) is 9.15 Å². The van der Waals surface area contributed by atoms with Crippen LogP contribution in [0.4, 0.5) is 0 Å². The van der Waals surface area contributed by atoms with Crippen molar-refractivity contribution < 1.29 is 27.2 Å². The molecule has 26 heavy (non-hydrogen) atoms. The molecule has 1 aromatic carbocycles. The second-order valence-electron chi connectivity index (χ2n) is 6.03. The Kier molecular flexibility index (Phi) is 5.08. The molecule has 0 bridgehead atoms. The van der Waals surface area contributed by atoms with Gasteiger partial charge in [0.15, 0.2) is 22.1 Å². The van der Waals surface area contributed by atoms with Crippen molar-refractivity contribution in [2.75, 3.05) is 18.1 Å². The van der Waals surface area contributed by atoms with Crippen molar-refractivity contribution in [1.82, 2.24) is 10.3 Å². The molecule has 0 spiro atoms. The van der Waals surface area contributed by atoms with Gasteiger partial charge in [0.1, 0.15) is 5.76 Å². The number of carbonyl (C=O) groups is 2. The molecule has 1 amide bonds. The van der Waals surface area contributed by atoms with E-state index in [-0.39, 0.29) is 28.9 Å². The molecule has 1 aliphatic rings. The van der Waals surface area contributed by atoms with Crippen LogP contribution < -0.4 is 5.32 Å². The molecule has 2 aromatic rings. The molecule has 8 nitrogen and oxygen atoms in total. The lowest BCUT2D eigenvalue weighted by atomic mass is 10.2. The van der Waals surface area contributed by atoms with Crippen LogP contribution in [0.1, 0.15) is 22.7 Å². The number of nitrogens with one attached hydrogen (secondary N) is 1. The van der Waals surface area contributed by atoms with Crippen LogP contribution in [-0.2, 0) is 19.4 Å². The summed E-state index contributed by atoms with van der Waals surface area (Å²) in [5.41, 5.74) is 0.718. The van der Waals surface area contributed by atoms with Crippen molar-refractivity contribution in [2.45, 2.75) is 19.4 Å². The molecule has 1 aliphatic heterocycles. The van der Waals surface area contributed by atoms with Gasteiger partial charge in [-0.3, -0.25) is 4.79 Å². The first-order valence-electron chi connectivity index (χ1n) is 8.04. The maximum atomic E-state index is 12.1. The summed E-state index contributed by atoms with van der Waals surface area (Å²) in [6.45, 7) is 1.07. The van der Waals surface area contributed by atoms with Crippen molar-refractivity contribution in [3.8, 4) is 11.5 Å². The third-order valence-electron chi connectivity index (χ3n) is 3.94. The smallest absolute Gasteiger partial charge is 0.361 e. The van der Waals surface area contributed by atoms with Crippen LogP contribution in [0.5, 0.6) is 0 Å². The number of rotatable bonds is 5. The second-order valence-corrected chi connectivity index (χ2v) is 8.26. The van der Waals surface area contributed by atoms with Gasteiger partial charge in [-0.2, -0.15) is 0 Å². The number of hydrogen-bond acceptors (Lipinski definition) is 7. The predicted molar refractivity (Wildman–Crippen MR) is 92.2 cm³/mol. The number of oxazole rings is 1. The molecule has 1 unspecified atom stereocenters. The highest BCUT2D eigenvalue weighted by atomic mass is 32.2. The topological polar surface area (TPSA) is 116 Å². The number of aryl methyl sites for hydroxylation is 1. The van der Waals surface area contributed by atoms with E-state index in [2.05, 4.69) is 10.3 Å². The molecule has 1 fully saturated rings. The van der Waals surface area contributed by atoms with E-state index < -0.39 is 34.4 Å². The van der Waals surface area contributed by atoms with Gasteiger partial charge in [0.2, 0.25) is 5.89 Å². The molecule has 1 saturated heterocycles. The average Bonchev–Trinajstić information content (AvgIpc) is 3.15. The van der Waals surface area contributed by atoms with Gasteiger partial charge >= 0.3 is 5.97 Å². The normalized spacial score (nSPS) is 18.4. The summed E-state index contributed by atoms with van der Waals surface area (Å²) >= 11 is 0. The zero-order chi connectivity index (χ0) is 18.7. The number of esters is 1. The van der Waals surface area contributed by atoms with Crippen LogP contribution in [0.15, 0.2) is 34.7 Å². The summed E-state index contributed by atoms with van der Waals surface area (Å²) in [7, 11) is -3.09. The highest BCUT2D eigenvalue weighted by Crippen LogP contribution is 2.21. The van der Waals surface area contributed by atoms with Crippen molar-refractivity contribution >= 4 is 21.7 Å². The highest BCUT2D eigenvalue weighted by Gasteiger charge is 2.29. The van der Waals surface area contributed by atoms with Crippen molar-refractivity contribution in [2.24, 2.45) is 0 Å². The molecule has 1 aromatic heterocycles. The van der Waals surface area contributed by atoms with Gasteiger partial charge in [-0.25, -0.2) is 18.2 Å². The van der Waals surface area contributed by atoms with Crippen LogP contribution in [0, 0.1) is 6.92 Å². The molecule has 0 saturated carbocycles. The monoisotopic (exact) mass is 378 g/mol. The Morgan fingerprint density at radius 1 is 1.31 bits per heavy atom. The summed E-state index contributed by atoms with van der Waals surface area (Å²) < 4.78 is 33.2. The molecule has 0 aliphatic carbocycles. The Hall–Kier alpha value is -2.68. The molecule has 2 heterocycles. The van der Waals surface area contributed by atoms with E-state index in [9.17, 15) is 18.0 Å². The number of carbonyl (C=O) groups excluding carboxylic acids is 2. The molecular formula is C17H18N2O6S. The SMILES string of the molecule is Cc1oc(-c2ccccc2)nc1C(=O)OCC(=O)NC1CCS(=O)(=O)C1. The van der Waals surface area contributed by atoms with E-state index in [1.165, 1.54) is 0 Å². The van der Waals surface area contributed by atoms with Gasteiger partial charge in [-0.05, 0) is 25.5 Å². The van der Waals surface area contributed by atoms with Crippen LogP contribution in [0.2, 0.25) is 0 Å². The van der Waals surface area contributed by atoms with Crippen LogP contribution >= 0.6 is 0 Å². The Morgan fingerprint density at radius 2 is 2.04 bits per heavy atom. The first kappa shape index (κ1) is 18.1. The average molecular weight is 378 g/mol. The minimum Gasteiger partial charge on any atom is -0.451 e. The van der Waals surface area contributed by atoms with Gasteiger partial charge < -0.3 is 14.5 Å². The first-order valence-corrected chi connectivity index (χ1v) is 9.86. The lowest BCUT2D eigenvalue weighted by molar-refractivity contribution is -0.124. The van der Waals surface area contributed by atoms with E-state index >= 15 is 0 Å². The zero-order valence-electron chi connectivity index (χ0n) is 14.1. The van der Waals surface area contributed by atoms with E-state index in [1.54, 1.807) is 19.1 Å². The largest absolute Gasteiger partial charge is 0.451 e. The zero-order valence-corrected chi connectivity index (χ0v) is 14.9.